The van der Waals surface area contributed by atoms with E-state index in [2.05, 4.69) is 21.9 Å². The predicted octanol–water partition coefficient (Wildman–Crippen LogP) is 4.88. The van der Waals surface area contributed by atoms with Gasteiger partial charge in [0.1, 0.15) is 17.5 Å². The van der Waals surface area contributed by atoms with E-state index < -0.39 is 50.1 Å². The lowest BCUT2D eigenvalue weighted by molar-refractivity contribution is 0.102. The van der Waals surface area contributed by atoms with Crippen molar-refractivity contribution in [2.45, 2.75) is 43.2 Å². The Morgan fingerprint density at radius 3 is 2.44 bits per heavy atom. The first kappa shape index (κ1) is 32.6. The first-order valence-electron chi connectivity index (χ1n) is 12.6. The number of amides is 1. The van der Waals surface area contributed by atoms with Crippen LogP contribution in [0.1, 0.15) is 36.5 Å². The first-order chi connectivity index (χ1) is 18.5. The summed E-state index contributed by atoms with van der Waals surface area (Å²) in [5.74, 6) is -4.10. The summed E-state index contributed by atoms with van der Waals surface area (Å²) in [5, 5.41) is 2.63. The van der Waals surface area contributed by atoms with E-state index >= 15 is 4.39 Å². The number of carbonyl (C=O) groups is 1. The standard InChI is InChI=1S/C27H28F3N5O3S.2ClH/c1-15-10-16(31)14-35(13-15)24-8-9-32-12-23(24)33-27(36)19-5-7-22(29)25(26(19)30)20-11-18(4-6-21(20)28)39(37,38)34-17-2-3-17;;/h4-9,11-12,15-17,34H,2-3,10,13-14,31H2,1H3,(H,33,36);2*1H/t15-,16+;;/m1../s1. The Labute approximate surface area is 248 Å². The molecule has 0 spiro atoms. The van der Waals surface area contributed by atoms with Crippen LogP contribution in [0.25, 0.3) is 11.1 Å². The molecular formula is C27H30Cl2F3N5O3S. The quantitative estimate of drug-likeness (QED) is 0.342. The van der Waals surface area contributed by atoms with Crippen molar-refractivity contribution in [2.75, 3.05) is 23.3 Å². The van der Waals surface area contributed by atoms with Crippen LogP contribution in [0.15, 0.2) is 53.7 Å². The predicted molar refractivity (Wildman–Crippen MR) is 156 cm³/mol. The minimum atomic E-state index is -4.02. The summed E-state index contributed by atoms with van der Waals surface area (Å²) in [7, 11) is -4.02. The number of anilines is 2. The molecule has 2 atom stereocenters. The third-order valence-electron chi connectivity index (χ3n) is 6.83. The summed E-state index contributed by atoms with van der Waals surface area (Å²) >= 11 is 0. The van der Waals surface area contributed by atoms with E-state index in [1.807, 2.05) is 4.90 Å². The van der Waals surface area contributed by atoms with Gasteiger partial charge in [-0.1, -0.05) is 6.92 Å². The summed E-state index contributed by atoms with van der Waals surface area (Å²) < 4.78 is 73.1. The highest BCUT2D eigenvalue weighted by Gasteiger charge is 2.30. The molecule has 4 N–H and O–H groups in total. The number of carbonyl (C=O) groups excluding carboxylic acids is 1. The second-order valence-electron chi connectivity index (χ2n) is 10.2. The molecule has 2 aliphatic rings. The van der Waals surface area contributed by atoms with Gasteiger partial charge in [-0.3, -0.25) is 9.78 Å². The van der Waals surface area contributed by atoms with Crippen molar-refractivity contribution in [3.8, 4) is 11.1 Å². The molecule has 1 aliphatic carbocycles. The highest BCUT2D eigenvalue weighted by molar-refractivity contribution is 7.89. The van der Waals surface area contributed by atoms with Gasteiger partial charge in [0.15, 0.2) is 0 Å². The van der Waals surface area contributed by atoms with Crippen LogP contribution < -0.4 is 20.7 Å². The number of piperidine rings is 1. The van der Waals surface area contributed by atoms with Gasteiger partial charge in [-0.05, 0) is 61.6 Å². The van der Waals surface area contributed by atoms with Crippen LogP contribution in [0.2, 0.25) is 0 Å². The number of hydrogen-bond acceptors (Lipinski definition) is 6. The molecule has 2 heterocycles. The maximum atomic E-state index is 15.7. The molecule has 1 amide bonds. The van der Waals surface area contributed by atoms with E-state index in [9.17, 15) is 22.0 Å². The Balaban J connectivity index is 0.00000231. The van der Waals surface area contributed by atoms with Gasteiger partial charge in [-0.15, -0.1) is 24.8 Å². The molecule has 1 saturated carbocycles. The van der Waals surface area contributed by atoms with Crippen LogP contribution in [-0.4, -0.2) is 44.5 Å². The van der Waals surface area contributed by atoms with E-state index in [4.69, 9.17) is 5.73 Å². The fourth-order valence-electron chi connectivity index (χ4n) is 4.87. The second kappa shape index (κ2) is 13.0. The van der Waals surface area contributed by atoms with Gasteiger partial charge >= 0.3 is 0 Å². The fourth-order valence-corrected chi connectivity index (χ4v) is 6.20. The van der Waals surface area contributed by atoms with Crippen molar-refractivity contribution in [2.24, 2.45) is 11.7 Å². The van der Waals surface area contributed by atoms with E-state index in [0.29, 0.717) is 43.2 Å². The minimum Gasteiger partial charge on any atom is -0.368 e. The number of benzene rings is 2. The van der Waals surface area contributed by atoms with Crippen molar-refractivity contribution in [3.63, 3.8) is 0 Å². The minimum absolute atomic E-state index is 0. The van der Waals surface area contributed by atoms with E-state index in [0.717, 1.165) is 36.8 Å². The normalized spacial score (nSPS) is 18.7. The van der Waals surface area contributed by atoms with Gasteiger partial charge in [0, 0.05) is 36.9 Å². The van der Waals surface area contributed by atoms with Crippen LogP contribution in [0.4, 0.5) is 24.5 Å². The molecule has 14 heteroatoms. The SMILES string of the molecule is C[C@@H]1C[C@H](N)CN(c2ccncc2NC(=O)c2ccc(F)c(-c3cc(S(=O)(=O)NC4CC4)ccc3F)c2F)C1.Cl.Cl. The highest BCUT2D eigenvalue weighted by Crippen LogP contribution is 2.34. The smallest absolute Gasteiger partial charge is 0.258 e. The van der Waals surface area contributed by atoms with Crippen LogP contribution in [-0.2, 0) is 10.0 Å². The lowest BCUT2D eigenvalue weighted by Gasteiger charge is -2.37. The molecule has 0 bridgehead atoms. The van der Waals surface area contributed by atoms with Crippen LogP contribution in [0, 0.1) is 23.4 Å². The average molecular weight is 633 g/mol. The summed E-state index contributed by atoms with van der Waals surface area (Å²) in [6.07, 6.45) is 5.20. The summed E-state index contributed by atoms with van der Waals surface area (Å²) in [6, 6.07) is 5.94. The molecule has 3 aromatic rings. The average Bonchev–Trinajstić information content (AvgIpc) is 3.68. The third kappa shape index (κ3) is 7.12. The highest BCUT2D eigenvalue weighted by atomic mass is 35.5. The molecule has 2 fully saturated rings. The van der Waals surface area contributed by atoms with E-state index in [1.165, 1.54) is 6.20 Å². The molecule has 0 unspecified atom stereocenters. The number of sulfonamides is 1. The van der Waals surface area contributed by atoms with Crippen molar-refractivity contribution in [1.29, 1.82) is 0 Å². The van der Waals surface area contributed by atoms with Gasteiger partial charge in [0.2, 0.25) is 10.0 Å². The lowest BCUT2D eigenvalue weighted by atomic mass is 9.96. The zero-order chi connectivity index (χ0) is 27.9. The molecule has 222 valence electrons. The number of pyridine rings is 1. The second-order valence-corrected chi connectivity index (χ2v) is 11.9. The van der Waals surface area contributed by atoms with Crippen molar-refractivity contribution >= 4 is 52.1 Å². The monoisotopic (exact) mass is 631 g/mol. The first-order valence-corrected chi connectivity index (χ1v) is 14.1. The largest absolute Gasteiger partial charge is 0.368 e. The number of nitrogens with zero attached hydrogens (tertiary/aromatic N) is 2. The Morgan fingerprint density at radius 2 is 1.76 bits per heavy atom. The Morgan fingerprint density at radius 1 is 1.05 bits per heavy atom. The molecular weight excluding hydrogens is 602 g/mol. The Hall–Kier alpha value is -2.90. The molecule has 0 radical (unpaired) electrons. The maximum absolute atomic E-state index is 15.7. The van der Waals surface area contributed by atoms with E-state index in [1.54, 1.807) is 12.3 Å². The summed E-state index contributed by atoms with van der Waals surface area (Å²) in [4.78, 5) is 18.9. The zero-order valence-electron chi connectivity index (χ0n) is 21.9. The Kier molecular flexibility index (Phi) is 10.3. The third-order valence-corrected chi connectivity index (χ3v) is 8.35. The molecule has 2 aromatic carbocycles. The number of nitrogens with two attached hydrogens (primary N) is 1. The zero-order valence-corrected chi connectivity index (χ0v) is 24.4. The van der Waals surface area contributed by atoms with Gasteiger partial charge in [-0.2, -0.15) is 0 Å². The number of halogens is 5. The molecule has 8 nitrogen and oxygen atoms in total. The molecule has 5 rings (SSSR count). The van der Waals surface area contributed by atoms with E-state index in [-0.39, 0.29) is 41.8 Å². The van der Waals surface area contributed by atoms with Crippen molar-refractivity contribution in [3.05, 3.63) is 71.8 Å². The summed E-state index contributed by atoms with van der Waals surface area (Å²) in [5.41, 5.74) is 5.13. The van der Waals surface area contributed by atoms with Crippen LogP contribution in [0.5, 0.6) is 0 Å². The number of hydrogen-bond donors (Lipinski definition) is 3. The molecule has 1 aliphatic heterocycles. The summed E-state index contributed by atoms with van der Waals surface area (Å²) in [6.45, 7) is 3.33. The van der Waals surface area contributed by atoms with Gasteiger partial charge in [0.05, 0.1) is 33.6 Å². The fraction of sp³-hybridized carbons (Fsp3) is 0.333. The van der Waals surface area contributed by atoms with Gasteiger partial charge in [0.25, 0.3) is 5.91 Å². The topological polar surface area (TPSA) is 117 Å². The maximum Gasteiger partial charge on any atom is 0.258 e. The molecule has 41 heavy (non-hydrogen) atoms. The number of nitrogens with one attached hydrogen (secondary N) is 2. The lowest BCUT2D eigenvalue weighted by Crippen LogP contribution is -2.46. The molecule has 1 saturated heterocycles. The Bertz CT molecular complexity index is 1530. The van der Waals surface area contributed by atoms with Gasteiger partial charge in [-0.25, -0.2) is 26.3 Å². The van der Waals surface area contributed by atoms with Crippen molar-refractivity contribution in [1.82, 2.24) is 9.71 Å². The van der Waals surface area contributed by atoms with Crippen molar-refractivity contribution < 1.29 is 26.4 Å². The molecule has 1 aromatic heterocycles. The van der Waals surface area contributed by atoms with Crippen LogP contribution >= 0.6 is 24.8 Å². The number of aromatic nitrogens is 1. The number of rotatable bonds is 7. The van der Waals surface area contributed by atoms with Crippen LogP contribution in [0.3, 0.4) is 0 Å². The van der Waals surface area contributed by atoms with Gasteiger partial charge < -0.3 is 16.0 Å².